The molecule has 1 amide bonds. The zero-order chi connectivity index (χ0) is 9.90. The first-order valence-corrected chi connectivity index (χ1v) is 4.77. The van der Waals surface area contributed by atoms with Crippen molar-refractivity contribution in [3.63, 3.8) is 0 Å². The van der Waals surface area contributed by atoms with Gasteiger partial charge in [0, 0.05) is 5.71 Å². The molecule has 1 aliphatic rings. The summed E-state index contributed by atoms with van der Waals surface area (Å²) in [5.74, 6) is 0. The molecule has 0 aromatic rings. The van der Waals surface area contributed by atoms with Crippen LogP contribution in [0.3, 0.4) is 0 Å². The summed E-state index contributed by atoms with van der Waals surface area (Å²) < 4.78 is 5.07. The Kier molecular flexibility index (Phi) is 3.07. The smallest absolute Gasteiger partial charge is 0.434 e. The van der Waals surface area contributed by atoms with Crippen molar-refractivity contribution in [3.8, 4) is 0 Å². The van der Waals surface area contributed by atoms with E-state index in [1.54, 1.807) is 0 Å². The average molecular weight is 183 g/mol. The maximum absolute atomic E-state index is 11.2. The van der Waals surface area contributed by atoms with E-state index in [1.807, 2.05) is 20.8 Å². The minimum atomic E-state index is -0.440. The van der Waals surface area contributed by atoms with Gasteiger partial charge in [0.05, 0.1) is 0 Å². The normalized spacial score (nSPS) is 17.3. The fourth-order valence-electron chi connectivity index (χ4n) is 1.31. The van der Waals surface area contributed by atoms with Crippen molar-refractivity contribution < 1.29 is 9.53 Å². The number of aliphatic imine (C=N–C) groups is 1. The summed E-state index contributed by atoms with van der Waals surface area (Å²) in [6, 6.07) is 0. The Morgan fingerprint density at radius 2 is 1.85 bits per heavy atom. The fourth-order valence-corrected chi connectivity index (χ4v) is 1.31. The monoisotopic (exact) mass is 183 g/mol. The van der Waals surface area contributed by atoms with Crippen molar-refractivity contribution in [1.29, 1.82) is 0 Å². The third-order valence-electron chi connectivity index (χ3n) is 1.82. The number of hydrogen-bond acceptors (Lipinski definition) is 2. The first kappa shape index (κ1) is 10.2. The van der Waals surface area contributed by atoms with Crippen LogP contribution in [-0.4, -0.2) is 17.4 Å². The van der Waals surface area contributed by atoms with E-state index in [2.05, 4.69) is 4.99 Å². The first-order chi connectivity index (χ1) is 5.97. The summed E-state index contributed by atoms with van der Waals surface area (Å²) in [5, 5.41) is 0. The van der Waals surface area contributed by atoms with Crippen LogP contribution in [0.1, 0.15) is 46.5 Å². The lowest BCUT2D eigenvalue weighted by Crippen LogP contribution is -2.22. The number of carbonyl (C=O) groups excluding carboxylic acids is 1. The minimum Gasteiger partial charge on any atom is -0.442 e. The molecule has 1 rings (SSSR count). The molecule has 0 unspecified atom stereocenters. The number of ether oxygens (including phenoxy) is 1. The van der Waals surface area contributed by atoms with Crippen LogP contribution >= 0.6 is 0 Å². The summed E-state index contributed by atoms with van der Waals surface area (Å²) in [6.45, 7) is 5.54. The highest BCUT2D eigenvalue weighted by atomic mass is 16.6. The Morgan fingerprint density at radius 1 is 1.31 bits per heavy atom. The van der Waals surface area contributed by atoms with Gasteiger partial charge in [-0.3, -0.25) is 0 Å². The number of nitrogens with zero attached hydrogens (tertiary/aromatic N) is 1. The molecule has 3 nitrogen and oxygen atoms in total. The van der Waals surface area contributed by atoms with Crippen LogP contribution in [0.2, 0.25) is 0 Å². The topological polar surface area (TPSA) is 38.7 Å². The van der Waals surface area contributed by atoms with Crippen LogP contribution in [-0.2, 0) is 4.74 Å². The summed E-state index contributed by atoms with van der Waals surface area (Å²) >= 11 is 0. The second kappa shape index (κ2) is 3.90. The molecule has 1 saturated carbocycles. The van der Waals surface area contributed by atoms with E-state index in [0.29, 0.717) is 0 Å². The quantitative estimate of drug-likeness (QED) is 0.579. The Balaban J connectivity index is 2.45. The molecule has 0 spiro atoms. The van der Waals surface area contributed by atoms with E-state index in [-0.39, 0.29) is 0 Å². The first-order valence-electron chi connectivity index (χ1n) is 4.77. The molecule has 0 heterocycles. The largest absolute Gasteiger partial charge is 0.442 e. The van der Waals surface area contributed by atoms with Crippen molar-refractivity contribution in [2.75, 3.05) is 0 Å². The lowest BCUT2D eigenvalue weighted by atomic mass is 10.2. The van der Waals surface area contributed by atoms with Crippen LogP contribution in [0.25, 0.3) is 0 Å². The molecule has 0 aliphatic heterocycles. The van der Waals surface area contributed by atoms with E-state index >= 15 is 0 Å². The predicted octanol–water partition coefficient (Wildman–Crippen LogP) is 2.94. The molecule has 0 bridgehead atoms. The van der Waals surface area contributed by atoms with Gasteiger partial charge in [0.15, 0.2) is 0 Å². The molecule has 74 valence electrons. The van der Waals surface area contributed by atoms with Crippen LogP contribution in [0.5, 0.6) is 0 Å². The predicted molar refractivity (Wildman–Crippen MR) is 52.1 cm³/mol. The van der Waals surface area contributed by atoms with Crippen molar-refractivity contribution in [2.24, 2.45) is 4.99 Å². The molecular formula is C10H17NO2. The second-order valence-electron chi connectivity index (χ2n) is 4.37. The van der Waals surface area contributed by atoms with Gasteiger partial charge in [-0.1, -0.05) is 0 Å². The van der Waals surface area contributed by atoms with Crippen molar-refractivity contribution in [3.05, 3.63) is 0 Å². The molecule has 0 radical (unpaired) electrons. The van der Waals surface area contributed by atoms with Gasteiger partial charge < -0.3 is 4.74 Å². The summed E-state index contributed by atoms with van der Waals surface area (Å²) in [4.78, 5) is 15.1. The maximum atomic E-state index is 11.2. The molecule has 0 N–H and O–H groups in total. The minimum absolute atomic E-state index is 0.431. The molecule has 1 aliphatic carbocycles. The Hall–Kier alpha value is -0.860. The van der Waals surface area contributed by atoms with E-state index in [1.165, 1.54) is 0 Å². The van der Waals surface area contributed by atoms with Crippen LogP contribution < -0.4 is 0 Å². The second-order valence-corrected chi connectivity index (χ2v) is 4.37. The van der Waals surface area contributed by atoms with Crippen LogP contribution in [0.15, 0.2) is 4.99 Å². The van der Waals surface area contributed by atoms with Gasteiger partial charge in [0.25, 0.3) is 0 Å². The highest BCUT2D eigenvalue weighted by Crippen LogP contribution is 2.16. The van der Waals surface area contributed by atoms with Crippen LogP contribution in [0, 0.1) is 0 Å². The van der Waals surface area contributed by atoms with Gasteiger partial charge in [-0.25, -0.2) is 4.79 Å². The van der Waals surface area contributed by atoms with Crippen molar-refractivity contribution >= 4 is 11.8 Å². The fraction of sp³-hybridized carbons (Fsp3) is 0.800. The van der Waals surface area contributed by atoms with E-state index < -0.39 is 11.7 Å². The molecule has 0 aromatic heterocycles. The Labute approximate surface area is 79.2 Å². The van der Waals surface area contributed by atoms with E-state index in [4.69, 9.17) is 4.74 Å². The third kappa shape index (κ3) is 4.06. The molecule has 1 fully saturated rings. The number of hydrogen-bond donors (Lipinski definition) is 0. The van der Waals surface area contributed by atoms with Gasteiger partial charge in [-0.2, -0.15) is 4.99 Å². The lowest BCUT2D eigenvalue weighted by Gasteiger charge is -2.17. The standard InChI is InChI=1S/C10H17NO2/c1-10(2,3)13-9(12)11-8-6-4-5-7-8/h4-7H2,1-3H3. The molecule has 0 aromatic carbocycles. The molecule has 3 heteroatoms. The Morgan fingerprint density at radius 3 is 2.31 bits per heavy atom. The molecule has 0 atom stereocenters. The van der Waals surface area contributed by atoms with Gasteiger partial charge in [0.1, 0.15) is 5.60 Å². The Bertz CT molecular complexity index is 218. The van der Waals surface area contributed by atoms with Gasteiger partial charge >= 0.3 is 6.09 Å². The van der Waals surface area contributed by atoms with Gasteiger partial charge in [0.2, 0.25) is 0 Å². The van der Waals surface area contributed by atoms with Crippen LogP contribution in [0.4, 0.5) is 4.79 Å². The van der Waals surface area contributed by atoms with E-state index in [0.717, 1.165) is 31.4 Å². The number of rotatable bonds is 0. The number of carbonyl (C=O) groups is 1. The number of amides is 1. The zero-order valence-corrected chi connectivity index (χ0v) is 8.59. The lowest BCUT2D eigenvalue weighted by molar-refractivity contribution is 0.0604. The van der Waals surface area contributed by atoms with E-state index in [9.17, 15) is 4.79 Å². The summed E-state index contributed by atoms with van der Waals surface area (Å²) in [7, 11) is 0. The van der Waals surface area contributed by atoms with Crippen molar-refractivity contribution in [2.45, 2.75) is 52.1 Å². The maximum Gasteiger partial charge on any atom is 0.434 e. The highest BCUT2D eigenvalue weighted by Gasteiger charge is 2.17. The third-order valence-corrected chi connectivity index (χ3v) is 1.82. The highest BCUT2D eigenvalue weighted by molar-refractivity contribution is 5.94. The summed E-state index contributed by atoms with van der Waals surface area (Å²) in [5.41, 5.74) is 0.564. The zero-order valence-electron chi connectivity index (χ0n) is 8.59. The molecule has 0 saturated heterocycles. The summed E-state index contributed by atoms with van der Waals surface area (Å²) in [6.07, 6.45) is 3.78. The average Bonchev–Trinajstić information content (AvgIpc) is 2.34. The molecular weight excluding hydrogens is 166 g/mol. The molecule has 13 heavy (non-hydrogen) atoms. The van der Waals surface area contributed by atoms with Gasteiger partial charge in [-0.15, -0.1) is 0 Å². The van der Waals surface area contributed by atoms with Gasteiger partial charge in [-0.05, 0) is 46.5 Å². The van der Waals surface area contributed by atoms with Crippen molar-refractivity contribution in [1.82, 2.24) is 0 Å². The SMILES string of the molecule is CC(C)(C)OC(=O)N=C1CCCC1.